The summed E-state index contributed by atoms with van der Waals surface area (Å²) in [5.74, 6) is 2.00. The fourth-order valence-electron chi connectivity index (χ4n) is 3.78. The first-order valence-electron chi connectivity index (χ1n) is 9.07. The third-order valence-corrected chi connectivity index (χ3v) is 5.33. The first kappa shape index (κ1) is 17.7. The smallest absolute Gasteiger partial charge is 0.225 e. The van der Waals surface area contributed by atoms with Gasteiger partial charge in [0.2, 0.25) is 5.91 Å². The van der Waals surface area contributed by atoms with Crippen molar-refractivity contribution in [1.29, 1.82) is 5.26 Å². The van der Waals surface area contributed by atoms with E-state index in [-0.39, 0.29) is 17.9 Å². The zero-order valence-electron chi connectivity index (χ0n) is 14.9. The Morgan fingerprint density at radius 2 is 2.12 bits per heavy atom. The molecule has 3 rings (SSSR count). The molecule has 1 N–H and O–H groups in total. The van der Waals surface area contributed by atoms with Gasteiger partial charge in [-0.15, -0.1) is 0 Å². The van der Waals surface area contributed by atoms with Crippen LogP contribution in [0, 0.1) is 29.1 Å². The van der Waals surface area contributed by atoms with Gasteiger partial charge in [0.15, 0.2) is 0 Å². The summed E-state index contributed by atoms with van der Waals surface area (Å²) in [6.07, 6.45) is 3.24. The highest BCUT2D eigenvalue weighted by Gasteiger charge is 2.39. The van der Waals surface area contributed by atoms with Crippen molar-refractivity contribution in [3.05, 3.63) is 23.9 Å². The van der Waals surface area contributed by atoms with Gasteiger partial charge in [0.1, 0.15) is 11.9 Å². The molecular weight excluding hydrogens is 316 g/mol. The number of anilines is 1. The molecule has 0 saturated carbocycles. The number of hydrogen-bond donors (Lipinski definition) is 1. The van der Waals surface area contributed by atoms with E-state index in [9.17, 15) is 4.79 Å². The maximum absolute atomic E-state index is 12.8. The molecule has 0 radical (unpaired) electrons. The van der Waals surface area contributed by atoms with Gasteiger partial charge >= 0.3 is 0 Å². The second kappa shape index (κ2) is 7.83. The molecule has 6 nitrogen and oxygen atoms in total. The summed E-state index contributed by atoms with van der Waals surface area (Å²) < 4.78 is 5.38. The molecule has 1 aromatic heterocycles. The van der Waals surface area contributed by atoms with Crippen molar-refractivity contribution in [3.63, 3.8) is 0 Å². The Morgan fingerprint density at radius 1 is 1.36 bits per heavy atom. The van der Waals surface area contributed by atoms with Gasteiger partial charge in [0.25, 0.3) is 0 Å². The van der Waals surface area contributed by atoms with Gasteiger partial charge in [-0.05, 0) is 30.9 Å². The van der Waals surface area contributed by atoms with Crippen molar-refractivity contribution in [3.8, 4) is 6.07 Å². The van der Waals surface area contributed by atoms with Gasteiger partial charge in [-0.3, -0.25) is 4.79 Å². The zero-order chi connectivity index (χ0) is 17.8. The van der Waals surface area contributed by atoms with Crippen molar-refractivity contribution >= 4 is 11.7 Å². The van der Waals surface area contributed by atoms with Gasteiger partial charge in [0, 0.05) is 50.4 Å². The zero-order valence-corrected chi connectivity index (χ0v) is 14.9. The fourth-order valence-corrected chi connectivity index (χ4v) is 3.78. The Hall–Kier alpha value is -2.13. The van der Waals surface area contributed by atoms with Crippen LogP contribution in [0.3, 0.4) is 0 Å². The standard InChI is InChI=1S/C19H26N4O2/c1-13(2)16-11-23(19(24)15-5-7-25-8-6-15)12-17(16)22-18-4-3-14(9-20)10-21-18/h3-4,10,13,15-17H,5-8,11-12H2,1-2H3,(H,21,22)/t16-,17+/m1/s1. The number of pyridine rings is 1. The Kier molecular flexibility index (Phi) is 5.54. The lowest BCUT2D eigenvalue weighted by Gasteiger charge is -2.26. The lowest BCUT2D eigenvalue weighted by atomic mass is 9.91. The highest BCUT2D eigenvalue weighted by atomic mass is 16.5. The molecule has 0 aliphatic carbocycles. The molecule has 2 aliphatic heterocycles. The first-order valence-corrected chi connectivity index (χ1v) is 9.07. The molecule has 1 amide bonds. The largest absolute Gasteiger partial charge is 0.381 e. The number of hydrogen-bond acceptors (Lipinski definition) is 5. The molecule has 134 valence electrons. The molecule has 0 bridgehead atoms. The van der Waals surface area contributed by atoms with Crippen LogP contribution in [0.4, 0.5) is 5.82 Å². The summed E-state index contributed by atoms with van der Waals surface area (Å²) in [6.45, 7) is 7.29. The van der Waals surface area contributed by atoms with E-state index in [1.165, 1.54) is 0 Å². The van der Waals surface area contributed by atoms with E-state index >= 15 is 0 Å². The van der Waals surface area contributed by atoms with E-state index in [0.717, 1.165) is 25.2 Å². The number of nitriles is 1. The third kappa shape index (κ3) is 4.10. The number of rotatable bonds is 4. The average molecular weight is 342 g/mol. The number of nitrogens with one attached hydrogen (secondary N) is 1. The van der Waals surface area contributed by atoms with E-state index in [1.54, 1.807) is 12.3 Å². The number of amides is 1. The topological polar surface area (TPSA) is 78.2 Å². The molecule has 25 heavy (non-hydrogen) atoms. The van der Waals surface area contributed by atoms with Crippen LogP contribution >= 0.6 is 0 Å². The van der Waals surface area contributed by atoms with Crippen LogP contribution in [0.5, 0.6) is 0 Å². The average Bonchev–Trinajstić information content (AvgIpc) is 3.06. The summed E-state index contributed by atoms with van der Waals surface area (Å²) >= 11 is 0. The number of aromatic nitrogens is 1. The number of likely N-dealkylation sites (tertiary alicyclic amines) is 1. The summed E-state index contributed by atoms with van der Waals surface area (Å²) in [6, 6.07) is 5.86. The number of ether oxygens (including phenoxy) is 1. The van der Waals surface area contributed by atoms with Crippen molar-refractivity contribution in [2.75, 3.05) is 31.6 Å². The molecule has 3 heterocycles. The lowest BCUT2D eigenvalue weighted by molar-refractivity contribution is -0.137. The van der Waals surface area contributed by atoms with Crippen molar-refractivity contribution in [2.45, 2.75) is 32.7 Å². The third-order valence-electron chi connectivity index (χ3n) is 5.33. The lowest BCUT2D eigenvalue weighted by Crippen LogP contribution is -2.38. The summed E-state index contributed by atoms with van der Waals surface area (Å²) in [4.78, 5) is 19.2. The summed E-state index contributed by atoms with van der Waals surface area (Å²) in [5.41, 5.74) is 0.550. The number of carbonyl (C=O) groups excluding carboxylic acids is 1. The molecular formula is C19H26N4O2. The number of carbonyl (C=O) groups is 1. The summed E-state index contributed by atoms with van der Waals surface area (Å²) in [7, 11) is 0. The normalized spacial score (nSPS) is 24.3. The van der Waals surface area contributed by atoms with Crippen LogP contribution in [0.1, 0.15) is 32.3 Å². The monoisotopic (exact) mass is 342 g/mol. The van der Waals surface area contributed by atoms with E-state index < -0.39 is 0 Å². The van der Waals surface area contributed by atoms with E-state index in [4.69, 9.17) is 10.00 Å². The van der Waals surface area contributed by atoms with E-state index in [0.29, 0.717) is 37.2 Å². The second-order valence-electron chi connectivity index (χ2n) is 7.33. The van der Waals surface area contributed by atoms with Gasteiger partial charge in [-0.1, -0.05) is 13.8 Å². The molecule has 1 aromatic rings. The van der Waals surface area contributed by atoms with Crippen LogP contribution in [0.2, 0.25) is 0 Å². The molecule has 0 spiro atoms. The molecule has 2 atom stereocenters. The maximum Gasteiger partial charge on any atom is 0.225 e. The molecule has 0 unspecified atom stereocenters. The van der Waals surface area contributed by atoms with Crippen LogP contribution in [0.15, 0.2) is 18.3 Å². The highest BCUT2D eigenvalue weighted by molar-refractivity contribution is 5.79. The Morgan fingerprint density at radius 3 is 2.72 bits per heavy atom. The summed E-state index contributed by atoms with van der Waals surface area (Å²) in [5, 5.41) is 12.4. The molecule has 2 saturated heterocycles. The van der Waals surface area contributed by atoms with Crippen molar-refractivity contribution in [2.24, 2.45) is 17.8 Å². The van der Waals surface area contributed by atoms with Gasteiger partial charge in [-0.2, -0.15) is 5.26 Å². The Balaban J connectivity index is 1.67. The van der Waals surface area contributed by atoms with Gasteiger partial charge < -0.3 is 15.0 Å². The predicted octanol–water partition coefficient (Wildman–Crippen LogP) is 2.27. The van der Waals surface area contributed by atoms with E-state index in [2.05, 4.69) is 30.2 Å². The number of nitrogens with zero attached hydrogens (tertiary/aromatic N) is 3. The van der Waals surface area contributed by atoms with Crippen LogP contribution in [-0.2, 0) is 9.53 Å². The fraction of sp³-hybridized carbons (Fsp3) is 0.632. The SMILES string of the molecule is CC(C)[C@H]1CN(C(=O)C2CCOCC2)C[C@@H]1Nc1ccc(C#N)cn1. The van der Waals surface area contributed by atoms with Crippen LogP contribution in [0.25, 0.3) is 0 Å². The first-order chi connectivity index (χ1) is 12.1. The Bertz CT molecular complexity index is 632. The van der Waals surface area contributed by atoms with Gasteiger partial charge in [-0.25, -0.2) is 4.98 Å². The minimum Gasteiger partial charge on any atom is -0.381 e. The Labute approximate surface area is 149 Å². The van der Waals surface area contributed by atoms with Gasteiger partial charge in [0.05, 0.1) is 5.56 Å². The van der Waals surface area contributed by atoms with Crippen LogP contribution in [-0.4, -0.2) is 48.1 Å². The highest BCUT2D eigenvalue weighted by Crippen LogP contribution is 2.29. The quantitative estimate of drug-likeness (QED) is 0.908. The minimum absolute atomic E-state index is 0.105. The molecule has 2 aliphatic rings. The molecule has 2 fully saturated rings. The maximum atomic E-state index is 12.8. The molecule has 0 aromatic carbocycles. The van der Waals surface area contributed by atoms with Crippen LogP contribution < -0.4 is 5.32 Å². The van der Waals surface area contributed by atoms with Crippen molar-refractivity contribution < 1.29 is 9.53 Å². The second-order valence-corrected chi connectivity index (χ2v) is 7.33. The van der Waals surface area contributed by atoms with E-state index in [1.807, 2.05) is 11.0 Å². The predicted molar refractivity (Wildman–Crippen MR) is 94.8 cm³/mol. The van der Waals surface area contributed by atoms with Crippen molar-refractivity contribution in [1.82, 2.24) is 9.88 Å². The molecule has 6 heteroatoms. The minimum atomic E-state index is 0.105.